The molecule has 34 heavy (non-hydrogen) atoms. The third-order valence-corrected chi connectivity index (χ3v) is 6.02. The molecule has 0 fully saturated rings. The van der Waals surface area contributed by atoms with Gasteiger partial charge in [-0.1, -0.05) is 24.3 Å². The predicted molar refractivity (Wildman–Crippen MR) is 126 cm³/mol. The van der Waals surface area contributed by atoms with E-state index in [9.17, 15) is 13.6 Å². The second kappa shape index (κ2) is 8.67. The van der Waals surface area contributed by atoms with Crippen LogP contribution in [0, 0.1) is 18.6 Å². The summed E-state index contributed by atoms with van der Waals surface area (Å²) in [6.45, 7) is 2.16. The number of nitrogens with zero attached hydrogens (tertiary/aromatic N) is 2. The first-order chi connectivity index (χ1) is 16.4. The molecule has 0 aliphatic carbocycles. The van der Waals surface area contributed by atoms with Crippen molar-refractivity contribution in [1.82, 2.24) is 9.47 Å². The Morgan fingerprint density at radius 2 is 1.76 bits per heavy atom. The molecule has 0 spiro atoms. The van der Waals surface area contributed by atoms with Crippen molar-refractivity contribution in [1.29, 1.82) is 0 Å². The molecule has 7 heteroatoms. The molecule has 0 saturated carbocycles. The number of benzene rings is 3. The number of hydrogen-bond donors (Lipinski definition) is 1. The molecule has 0 saturated heterocycles. The fraction of sp³-hybridized carbons (Fsp3) is 0.148. The van der Waals surface area contributed by atoms with Gasteiger partial charge in [-0.2, -0.15) is 0 Å². The number of anilines is 1. The number of amides is 2. The molecule has 1 aliphatic heterocycles. The van der Waals surface area contributed by atoms with Gasteiger partial charge in [0.2, 0.25) is 0 Å². The van der Waals surface area contributed by atoms with Gasteiger partial charge in [0.05, 0.1) is 31.1 Å². The Morgan fingerprint density at radius 1 is 1.00 bits per heavy atom. The van der Waals surface area contributed by atoms with Crippen LogP contribution in [-0.4, -0.2) is 22.6 Å². The number of ether oxygens (including phenoxy) is 1. The van der Waals surface area contributed by atoms with Gasteiger partial charge in [0, 0.05) is 18.0 Å². The van der Waals surface area contributed by atoms with Gasteiger partial charge in [0.25, 0.3) is 0 Å². The van der Waals surface area contributed by atoms with E-state index >= 15 is 0 Å². The van der Waals surface area contributed by atoms with Gasteiger partial charge < -0.3 is 19.5 Å². The summed E-state index contributed by atoms with van der Waals surface area (Å²) in [5.74, 6) is -0.878. The monoisotopic (exact) mass is 459 g/mol. The van der Waals surface area contributed by atoms with E-state index in [1.807, 2.05) is 66.2 Å². The average Bonchev–Trinajstić information content (AvgIpc) is 3.22. The summed E-state index contributed by atoms with van der Waals surface area (Å²) in [6.07, 6.45) is 1.89. The second-order valence-corrected chi connectivity index (χ2v) is 8.30. The lowest BCUT2D eigenvalue weighted by atomic mass is 10.0. The maximum absolute atomic E-state index is 14.3. The van der Waals surface area contributed by atoms with Gasteiger partial charge in [-0.15, -0.1) is 0 Å². The van der Waals surface area contributed by atoms with Crippen LogP contribution in [0.4, 0.5) is 19.3 Å². The normalized spacial score (nSPS) is 14.7. The summed E-state index contributed by atoms with van der Waals surface area (Å²) < 4.78 is 36.0. The van der Waals surface area contributed by atoms with Crippen molar-refractivity contribution in [3.63, 3.8) is 0 Å². The number of urea groups is 1. The Morgan fingerprint density at radius 3 is 2.53 bits per heavy atom. The summed E-state index contributed by atoms with van der Waals surface area (Å²) >= 11 is 0. The molecule has 5 nitrogen and oxygen atoms in total. The summed E-state index contributed by atoms with van der Waals surface area (Å²) in [6, 6.07) is 19.2. The van der Waals surface area contributed by atoms with Crippen molar-refractivity contribution < 1.29 is 18.3 Å². The summed E-state index contributed by atoms with van der Waals surface area (Å²) in [5, 5.41) is 2.95. The molecule has 0 radical (unpaired) electrons. The molecule has 2 heterocycles. The van der Waals surface area contributed by atoms with Gasteiger partial charge in [0.1, 0.15) is 17.4 Å². The van der Waals surface area contributed by atoms with E-state index in [1.165, 1.54) is 19.2 Å². The van der Waals surface area contributed by atoms with E-state index in [2.05, 4.69) is 5.32 Å². The molecule has 172 valence electrons. The highest BCUT2D eigenvalue weighted by Crippen LogP contribution is 2.38. The zero-order valence-electron chi connectivity index (χ0n) is 18.8. The Balaban J connectivity index is 1.66. The largest absolute Gasteiger partial charge is 0.495 e. The Bertz CT molecular complexity index is 1360. The SMILES string of the molecule is COc1ccc(C)cc1NC(=O)N1Cc2ccccc2-n2cccc2C1c1cc(F)cc(F)c1. The van der Waals surface area contributed by atoms with Crippen LogP contribution in [-0.2, 0) is 6.54 Å². The molecule has 0 bridgehead atoms. The lowest BCUT2D eigenvalue weighted by Gasteiger charge is -2.31. The highest BCUT2D eigenvalue weighted by molar-refractivity contribution is 5.92. The zero-order valence-corrected chi connectivity index (χ0v) is 18.8. The number of carbonyl (C=O) groups excluding carboxylic acids is 1. The third-order valence-electron chi connectivity index (χ3n) is 6.02. The number of methoxy groups -OCH3 is 1. The van der Waals surface area contributed by atoms with E-state index in [-0.39, 0.29) is 6.54 Å². The van der Waals surface area contributed by atoms with Gasteiger partial charge in [0.15, 0.2) is 0 Å². The standard InChI is InChI=1S/C27H23F2N3O2/c1-17-9-10-25(34-2)22(12-17)30-27(33)32-16-18-6-3-4-7-23(18)31-11-5-8-24(31)26(32)19-13-20(28)15-21(29)14-19/h3-15,26H,16H2,1-2H3,(H,30,33). The fourth-order valence-electron chi connectivity index (χ4n) is 4.53. The number of nitrogens with one attached hydrogen (secondary N) is 1. The number of aryl methyl sites for hydroxylation is 1. The molecule has 4 aromatic rings. The molecule has 2 amide bonds. The number of carbonyl (C=O) groups is 1. The van der Waals surface area contributed by atoms with Crippen molar-refractivity contribution in [2.75, 3.05) is 12.4 Å². The van der Waals surface area contributed by atoms with E-state index in [1.54, 1.807) is 11.0 Å². The minimum absolute atomic E-state index is 0.237. The molecule has 5 rings (SSSR count). The molecule has 1 aliphatic rings. The first kappa shape index (κ1) is 21.7. The predicted octanol–water partition coefficient (Wildman–Crippen LogP) is 6.21. The van der Waals surface area contributed by atoms with Crippen LogP contribution in [0.1, 0.15) is 28.4 Å². The van der Waals surface area contributed by atoms with Crippen molar-refractivity contribution in [3.8, 4) is 11.4 Å². The number of aromatic nitrogens is 1. The zero-order chi connectivity index (χ0) is 23.8. The number of rotatable bonds is 3. The highest BCUT2D eigenvalue weighted by Gasteiger charge is 2.33. The Hall–Kier alpha value is -4.13. The molecule has 3 aromatic carbocycles. The van der Waals surface area contributed by atoms with Crippen LogP contribution < -0.4 is 10.1 Å². The molecule has 1 unspecified atom stereocenters. The van der Waals surface area contributed by atoms with Gasteiger partial charge >= 0.3 is 6.03 Å². The highest BCUT2D eigenvalue weighted by atomic mass is 19.1. The maximum Gasteiger partial charge on any atom is 0.323 e. The quantitative estimate of drug-likeness (QED) is 0.396. The number of para-hydroxylation sites is 1. The van der Waals surface area contributed by atoms with E-state index in [0.717, 1.165) is 28.6 Å². The van der Waals surface area contributed by atoms with Crippen LogP contribution in [0.2, 0.25) is 0 Å². The summed E-state index contributed by atoms with van der Waals surface area (Å²) in [7, 11) is 1.54. The minimum Gasteiger partial charge on any atom is -0.495 e. The molecule has 1 aromatic heterocycles. The second-order valence-electron chi connectivity index (χ2n) is 8.30. The van der Waals surface area contributed by atoms with E-state index < -0.39 is 23.7 Å². The van der Waals surface area contributed by atoms with Crippen LogP contribution >= 0.6 is 0 Å². The smallest absolute Gasteiger partial charge is 0.323 e. The van der Waals surface area contributed by atoms with Crippen molar-refractivity contribution >= 4 is 11.7 Å². The molecule has 1 N–H and O–H groups in total. The Kier molecular flexibility index (Phi) is 5.53. The number of hydrogen-bond acceptors (Lipinski definition) is 2. The maximum atomic E-state index is 14.3. The van der Waals surface area contributed by atoms with Crippen molar-refractivity contribution in [2.45, 2.75) is 19.5 Å². The van der Waals surface area contributed by atoms with Crippen LogP contribution in [0.3, 0.4) is 0 Å². The number of fused-ring (bicyclic) bond motifs is 3. The molecular weight excluding hydrogens is 436 g/mol. The molecular formula is C27H23F2N3O2. The lowest BCUT2D eigenvalue weighted by molar-refractivity contribution is 0.194. The first-order valence-electron chi connectivity index (χ1n) is 10.9. The Labute approximate surface area is 196 Å². The molecule has 1 atom stereocenters. The topological polar surface area (TPSA) is 46.5 Å². The lowest BCUT2D eigenvalue weighted by Crippen LogP contribution is -2.38. The number of halogens is 2. The van der Waals surface area contributed by atoms with Gasteiger partial charge in [-0.25, -0.2) is 13.6 Å². The first-order valence-corrected chi connectivity index (χ1v) is 10.9. The van der Waals surface area contributed by atoms with E-state index in [4.69, 9.17) is 4.74 Å². The summed E-state index contributed by atoms with van der Waals surface area (Å²) in [5.41, 5.74) is 4.36. The van der Waals surface area contributed by atoms with E-state index in [0.29, 0.717) is 17.0 Å². The van der Waals surface area contributed by atoms with Crippen LogP contribution in [0.5, 0.6) is 5.75 Å². The minimum atomic E-state index is -0.733. The van der Waals surface area contributed by atoms with Crippen LogP contribution in [0.25, 0.3) is 5.69 Å². The van der Waals surface area contributed by atoms with Crippen LogP contribution in [0.15, 0.2) is 79.0 Å². The van der Waals surface area contributed by atoms with Gasteiger partial charge in [-0.3, -0.25) is 0 Å². The average molecular weight is 459 g/mol. The fourth-order valence-corrected chi connectivity index (χ4v) is 4.53. The summed E-state index contributed by atoms with van der Waals surface area (Å²) in [4.78, 5) is 15.3. The van der Waals surface area contributed by atoms with Crippen molar-refractivity contribution in [3.05, 3.63) is 113 Å². The van der Waals surface area contributed by atoms with Crippen molar-refractivity contribution in [2.24, 2.45) is 0 Å². The van der Waals surface area contributed by atoms with Gasteiger partial charge in [-0.05, 0) is 66.1 Å². The third kappa shape index (κ3) is 3.90.